The molecule has 2 heterocycles. The first kappa shape index (κ1) is 13.8. The molecule has 0 amide bonds. The van der Waals surface area contributed by atoms with Gasteiger partial charge in [0.1, 0.15) is 5.75 Å². The lowest BCUT2D eigenvalue weighted by Gasteiger charge is -2.36. The maximum atomic E-state index is 5.91. The molecular weight excluding hydrogens is 254 g/mol. The van der Waals surface area contributed by atoms with Gasteiger partial charge in [-0.05, 0) is 25.5 Å². The number of hydrazine groups is 1. The molecule has 5 nitrogen and oxygen atoms in total. The molecule has 3 N–H and O–H groups in total. The Morgan fingerprint density at radius 2 is 2.30 bits per heavy atom. The van der Waals surface area contributed by atoms with Crippen LogP contribution in [0.3, 0.4) is 0 Å². The second-order valence-electron chi connectivity index (χ2n) is 5.60. The van der Waals surface area contributed by atoms with Crippen LogP contribution in [0.25, 0.3) is 0 Å². The van der Waals surface area contributed by atoms with Crippen LogP contribution in [0, 0.1) is 0 Å². The molecule has 0 aliphatic carbocycles. The first-order chi connectivity index (χ1) is 9.79. The van der Waals surface area contributed by atoms with Crippen LogP contribution < -0.4 is 16.0 Å². The fourth-order valence-electron chi connectivity index (χ4n) is 3.07. The molecule has 0 saturated carbocycles. The highest BCUT2D eigenvalue weighted by Crippen LogP contribution is 2.35. The molecule has 3 rings (SSSR count). The highest BCUT2D eigenvalue weighted by molar-refractivity contribution is 5.45. The number of hydrogen-bond acceptors (Lipinski definition) is 5. The molecule has 5 heteroatoms. The van der Waals surface area contributed by atoms with Crippen molar-refractivity contribution >= 4 is 0 Å². The summed E-state index contributed by atoms with van der Waals surface area (Å²) in [5, 5.41) is 0. The smallest absolute Gasteiger partial charge is 0.127 e. The van der Waals surface area contributed by atoms with Crippen molar-refractivity contribution in [2.75, 3.05) is 33.4 Å². The summed E-state index contributed by atoms with van der Waals surface area (Å²) in [6.45, 7) is 3.37. The molecule has 20 heavy (non-hydrogen) atoms. The molecule has 0 aromatic heterocycles. The van der Waals surface area contributed by atoms with E-state index >= 15 is 0 Å². The van der Waals surface area contributed by atoms with Crippen molar-refractivity contribution in [1.29, 1.82) is 0 Å². The SMILES string of the molecule is CN1CCOC(C(NN)c2cccc3c2OCCC3)C1. The van der Waals surface area contributed by atoms with Gasteiger partial charge in [-0.2, -0.15) is 0 Å². The number of para-hydroxylation sites is 1. The summed E-state index contributed by atoms with van der Waals surface area (Å²) in [7, 11) is 2.11. The minimum Gasteiger partial charge on any atom is -0.493 e. The van der Waals surface area contributed by atoms with Gasteiger partial charge in [0.05, 0.1) is 25.4 Å². The Morgan fingerprint density at radius 1 is 1.40 bits per heavy atom. The van der Waals surface area contributed by atoms with Gasteiger partial charge < -0.3 is 14.4 Å². The van der Waals surface area contributed by atoms with E-state index in [0.29, 0.717) is 0 Å². The summed E-state index contributed by atoms with van der Waals surface area (Å²) in [6.07, 6.45) is 2.21. The van der Waals surface area contributed by atoms with Gasteiger partial charge in [-0.3, -0.25) is 11.3 Å². The molecule has 0 bridgehead atoms. The van der Waals surface area contributed by atoms with Crippen LogP contribution in [-0.4, -0.2) is 44.4 Å². The number of aryl methyl sites for hydroxylation is 1. The van der Waals surface area contributed by atoms with E-state index in [1.165, 1.54) is 5.56 Å². The molecule has 2 unspecified atom stereocenters. The van der Waals surface area contributed by atoms with E-state index in [-0.39, 0.29) is 12.1 Å². The predicted octanol–water partition coefficient (Wildman–Crippen LogP) is 0.847. The third-order valence-corrected chi connectivity index (χ3v) is 4.15. The molecule has 2 aliphatic rings. The third-order valence-electron chi connectivity index (χ3n) is 4.15. The lowest BCUT2D eigenvalue weighted by atomic mass is 9.94. The van der Waals surface area contributed by atoms with Gasteiger partial charge >= 0.3 is 0 Å². The Kier molecular flexibility index (Phi) is 4.21. The third kappa shape index (κ3) is 2.67. The Hall–Kier alpha value is -1.14. The minimum atomic E-state index is -0.0363. The first-order valence-corrected chi connectivity index (χ1v) is 7.30. The summed E-state index contributed by atoms with van der Waals surface area (Å²) in [5.74, 6) is 6.81. The lowest BCUT2D eigenvalue weighted by Crippen LogP contribution is -2.48. The van der Waals surface area contributed by atoms with E-state index in [1.54, 1.807) is 0 Å². The molecule has 1 aromatic carbocycles. The number of nitrogens with zero attached hydrogens (tertiary/aromatic N) is 1. The number of likely N-dealkylation sites (N-methyl/N-ethyl adjacent to an activating group) is 1. The highest BCUT2D eigenvalue weighted by atomic mass is 16.5. The molecule has 110 valence electrons. The van der Waals surface area contributed by atoms with E-state index in [4.69, 9.17) is 15.3 Å². The fourth-order valence-corrected chi connectivity index (χ4v) is 3.07. The maximum Gasteiger partial charge on any atom is 0.127 e. The topological polar surface area (TPSA) is 59.8 Å². The van der Waals surface area contributed by atoms with Crippen LogP contribution in [0.15, 0.2) is 18.2 Å². The number of benzene rings is 1. The Bertz CT molecular complexity index is 466. The van der Waals surface area contributed by atoms with Crippen molar-refractivity contribution in [3.63, 3.8) is 0 Å². The second-order valence-corrected chi connectivity index (χ2v) is 5.60. The van der Waals surface area contributed by atoms with E-state index in [1.807, 2.05) is 0 Å². The summed E-state index contributed by atoms with van der Waals surface area (Å²) < 4.78 is 11.8. The zero-order valence-electron chi connectivity index (χ0n) is 12.0. The average molecular weight is 277 g/mol. The summed E-state index contributed by atoms with van der Waals surface area (Å²) in [6, 6.07) is 6.28. The minimum absolute atomic E-state index is 0.0363. The number of nitrogens with one attached hydrogen (secondary N) is 1. The van der Waals surface area contributed by atoms with Crippen molar-refractivity contribution in [1.82, 2.24) is 10.3 Å². The molecular formula is C15H23N3O2. The molecule has 1 saturated heterocycles. The zero-order chi connectivity index (χ0) is 13.9. The van der Waals surface area contributed by atoms with Gasteiger partial charge in [-0.25, -0.2) is 0 Å². The Labute approximate surface area is 120 Å². The second kappa shape index (κ2) is 6.10. The molecule has 1 fully saturated rings. The molecule has 0 spiro atoms. The van der Waals surface area contributed by atoms with Gasteiger partial charge in [0, 0.05) is 18.7 Å². The fraction of sp³-hybridized carbons (Fsp3) is 0.600. The van der Waals surface area contributed by atoms with Crippen LogP contribution in [0.4, 0.5) is 0 Å². The van der Waals surface area contributed by atoms with E-state index < -0.39 is 0 Å². The van der Waals surface area contributed by atoms with E-state index in [0.717, 1.165) is 50.5 Å². The molecule has 1 aromatic rings. The monoisotopic (exact) mass is 277 g/mol. The Balaban J connectivity index is 1.89. The average Bonchev–Trinajstić information content (AvgIpc) is 2.48. The number of morpholine rings is 1. The van der Waals surface area contributed by atoms with E-state index in [9.17, 15) is 0 Å². The summed E-state index contributed by atoms with van der Waals surface area (Å²) in [5.41, 5.74) is 5.32. The van der Waals surface area contributed by atoms with Crippen LogP contribution in [0.5, 0.6) is 5.75 Å². The standard InChI is InChI=1S/C15H23N3O2/c1-18-7-9-19-13(10-18)14(17-16)12-6-2-4-11-5-3-8-20-15(11)12/h2,4,6,13-14,17H,3,5,7-10,16H2,1H3. The number of nitrogens with two attached hydrogens (primary N) is 1. The quantitative estimate of drug-likeness (QED) is 0.633. The number of fused-ring (bicyclic) bond motifs is 1. The van der Waals surface area contributed by atoms with Crippen LogP contribution >= 0.6 is 0 Å². The first-order valence-electron chi connectivity index (χ1n) is 7.30. The lowest BCUT2D eigenvalue weighted by molar-refractivity contribution is -0.0397. The summed E-state index contributed by atoms with van der Waals surface area (Å²) >= 11 is 0. The van der Waals surface area contributed by atoms with Crippen molar-refractivity contribution < 1.29 is 9.47 Å². The Morgan fingerprint density at radius 3 is 3.10 bits per heavy atom. The highest BCUT2D eigenvalue weighted by Gasteiger charge is 2.30. The maximum absolute atomic E-state index is 5.91. The van der Waals surface area contributed by atoms with Gasteiger partial charge in [-0.1, -0.05) is 18.2 Å². The largest absolute Gasteiger partial charge is 0.493 e. The number of ether oxygens (including phenoxy) is 2. The van der Waals surface area contributed by atoms with Crippen molar-refractivity contribution in [2.24, 2.45) is 5.84 Å². The van der Waals surface area contributed by atoms with Crippen molar-refractivity contribution in [3.05, 3.63) is 29.3 Å². The van der Waals surface area contributed by atoms with Gasteiger partial charge in [0.2, 0.25) is 0 Å². The van der Waals surface area contributed by atoms with Crippen LogP contribution in [0.2, 0.25) is 0 Å². The van der Waals surface area contributed by atoms with Gasteiger partial charge in [0.25, 0.3) is 0 Å². The van der Waals surface area contributed by atoms with Gasteiger partial charge in [-0.15, -0.1) is 0 Å². The molecule has 0 radical (unpaired) electrons. The number of rotatable bonds is 3. The van der Waals surface area contributed by atoms with E-state index in [2.05, 4.69) is 35.6 Å². The van der Waals surface area contributed by atoms with Crippen LogP contribution in [0.1, 0.15) is 23.6 Å². The normalized spacial score (nSPS) is 24.8. The van der Waals surface area contributed by atoms with Crippen molar-refractivity contribution in [3.8, 4) is 5.75 Å². The summed E-state index contributed by atoms with van der Waals surface area (Å²) in [4.78, 5) is 2.27. The van der Waals surface area contributed by atoms with Gasteiger partial charge in [0.15, 0.2) is 0 Å². The molecule has 2 atom stereocenters. The van der Waals surface area contributed by atoms with Crippen LogP contribution in [-0.2, 0) is 11.2 Å². The molecule has 2 aliphatic heterocycles. The number of hydrogen-bond donors (Lipinski definition) is 2. The predicted molar refractivity (Wildman–Crippen MR) is 77.6 cm³/mol. The zero-order valence-corrected chi connectivity index (χ0v) is 12.0. The van der Waals surface area contributed by atoms with Crippen molar-refractivity contribution in [2.45, 2.75) is 25.0 Å².